The maximum Gasteiger partial charge on any atom is 0.573 e. The smallest absolute Gasteiger partial charge is 0.406 e. The summed E-state index contributed by atoms with van der Waals surface area (Å²) in [7, 11) is 0. The number of benzene rings is 3. The van der Waals surface area contributed by atoms with Crippen LogP contribution in [0.1, 0.15) is 29.2 Å². The molecule has 3 aromatic rings. The second-order valence-electron chi connectivity index (χ2n) is 8.56. The summed E-state index contributed by atoms with van der Waals surface area (Å²) in [6, 6.07) is 18.3. The van der Waals surface area contributed by atoms with Gasteiger partial charge in [-0.1, -0.05) is 49.0 Å². The van der Waals surface area contributed by atoms with Crippen LogP contribution in [0.4, 0.5) is 24.5 Å². The van der Waals surface area contributed by atoms with Gasteiger partial charge in [-0.15, -0.1) is 23.3 Å². The van der Waals surface area contributed by atoms with Crippen LogP contribution in [0, 0.1) is 6.92 Å². The minimum atomic E-state index is -4.75. The predicted molar refractivity (Wildman–Crippen MR) is 153 cm³/mol. The highest BCUT2D eigenvalue weighted by Gasteiger charge is 2.32. The van der Waals surface area contributed by atoms with E-state index in [1.54, 1.807) is 23.2 Å². The number of ether oxygens (including phenoxy) is 1. The molecule has 1 fully saturated rings. The summed E-state index contributed by atoms with van der Waals surface area (Å²) in [4.78, 5) is 21.3. The van der Waals surface area contributed by atoms with Crippen LogP contribution in [0.25, 0.3) is 0 Å². The average molecular weight is 568 g/mol. The van der Waals surface area contributed by atoms with E-state index >= 15 is 0 Å². The minimum absolute atomic E-state index is 0.0261. The Morgan fingerprint density at radius 3 is 2.52 bits per heavy atom. The van der Waals surface area contributed by atoms with Gasteiger partial charge in [-0.2, -0.15) is 5.10 Å². The van der Waals surface area contributed by atoms with Crippen molar-refractivity contribution in [3.8, 4) is 5.75 Å². The fourth-order valence-corrected chi connectivity index (χ4v) is 4.68. The first-order chi connectivity index (χ1) is 19.1. The minimum Gasteiger partial charge on any atom is -0.406 e. The number of carbonyl (C=O) groups is 1. The number of rotatable bonds is 8. The number of aliphatic imine (C=N–C) groups is 1. The first-order valence-electron chi connectivity index (χ1n) is 12.2. The molecule has 3 N–H and O–H groups in total. The van der Waals surface area contributed by atoms with Crippen molar-refractivity contribution < 1.29 is 27.7 Å². The number of amidine groups is 2. The molecule has 0 radical (unpaired) electrons. The van der Waals surface area contributed by atoms with Gasteiger partial charge < -0.3 is 10.5 Å². The fraction of sp³-hybridized carbons (Fsp3) is 0.179. The Morgan fingerprint density at radius 2 is 1.85 bits per heavy atom. The number of para-hydroxylation sites is 1. The van der Waals surface area contributed by atoms with Gasteiger partial charge in [0, 0.05) is 5.56 Å². The molecule has 1 aliphatic heterocycles. The molecule has 0 bridgehead atoms. The topological polar surface area (TPSA) is 107 Å². The normalized spacial score (nSPS) is 15.6. The second-order valence-corrected chi connectivity index (χ2v) is 9.50. The van der Waals surface area contributed by atoms with E-state index in [2.05, 4.69) is 31.8 Å². The number of nitrogens with two attached hydrogens (primary N) is 1. The van der Waals surface area contributed by atoms with E-state index in [9.17, 15) is 18.0 Å². The molecule has 0 aromatic heterocycles. The Kier molecular flexibility index (Phi) is 9.00. The van der Waals surface area contributed by atoms with E-state index in [-0.39, 0.29) is 11.7 Å². The molecule has 12 heteroatoms. The zero-order chi connectivity index (χ0) is 28.7. The molecule has 8 nitrogen and oxygen atoms in total. The van der Waals surface area contributed by atoms with Crippen LogP contribution in [-0.4, -0.2) is 41.6 Å². The van der Waals surface area contributed by atoms with E-state index in [1.165, 1.54) is 42.4 Å². The van der Waals surface area contributed by atoms with Gasteiger partial charge in [-0.25, -0.2) is 4.99 Å². The van der Waals surface area contributed by atoms with Crippen LogP contribution >= 0.6 is 11.8 Å². The van der Waals surface area contributed by atoms with E-state index in [1.807, 2.05) is 37.3 Å². The molecule has 1 heterocycles. The second kappa shape index (κ2) is 12.6. The number of hydrogen-bond acceptors (Lipinski definition) is 6. The number of nitrogens with one attached hydrogen (secondary N) is 1. The molecule has 0 aliphatic carbocycles. The lowest BCUT2D eigenvalue weighted by Gasteiger charge is -2.21. The number of nitrogen functional groups attached to an aromatic ring is 1. The molecule has 1 saturated heterocycles. The highest BCUT2D eigenvalue weighted by molar-refractivity contribution is 8.15. The molecule has 0 atom stereocenters. The Hall–Kier alpha value is -4.45. The van der Waals surface area contributed by atoms with Crippen LogP contribution in [-0.2, 0) is 11.2 Å². The summed E-state index contributed by atoms with van der Waals surface area (Å²) in [5.74, 6) is 0.280. The number of amides is 1. The summed E-state index contributed by atoms with van der Waals surface area (Å²) in [5.41, 5.74) is 10.9. The average Bonchev–Trinajstić information content (AvgIpc) is 3.28. The number of anilines is 1. The standard InChI is InChI=1S/C28H25F3N6O2S/c1-3-20-6-4-5-18(2)25(20)37-24(38)16-40-27(37)36-35-15-19-7-9-21(10-8-19)26(32)34-17-33-22-11-13-23(14-12-22)39-28(29,30)31/h4-15,17H,3,16H2,1-2H3,(H2,32,33,34)/p+1/b35-15+,36-27-. The van der Waals surface area contributed by atoms with Gasteiger partial charge in [0.05, 0.1) is 17.7 Å². The van der Waals surface area contributed by atoms with Gasteiger partial charge in [0.15, 0.2) is 5.17 Å². The summed E-state index contributed by atoms with van der Waals surface area (Å²) < 4.78 is 40.6. The summed E-state index contributed by atoms with van der Waals surface area (Å²) in [6.07, 6.45) is -1.02. The molecule has 0 unspecified atom stereocenters. The molecule has 40 heavy (non-hydrogen) atoms. The highest BCUT2D eigenvalue weighted by atomic mass is 32.2. The van der Waals surface area contributed by atoms with E-state index in [0.717, 1.165) is 28.8 Å². The van der Waals surface area contributed by atoms with Crippen LogP contribution in [0.3, 0.4) is 0 Å². The number of thioether (sulfide) groups is 1. The van der Waals surface area contributed by atoms with Gasteiger partial charge in [0.25, 0.3) is 0 Å². The third kappa shape index (κ3) is 7.35. The number of hydrogen-bond donors (Lipinski definition) is 2. The van der Waals surface area contributed by atoms with E-state index in [4.69, 9.17) is 5.73 Å². The highest BCUT2D eigenvalue weighted by Crippen LogP contribution is 2.33. The molecule has 0 saturated carbocycles. The molecular formula is C28H26F3N6O2S+. The van der Waals surface area contributed by atoms with Crippen molar-refractivity contribution in [2.75, 3.05) is 10.7 Å². The Balaban J connectivity index is 1.40. The lowest BCUT2D eigenvalue weighted by atomic mass is 10.0. The summed E-state index contributed by atoms with van der Waals surface area (Å²) >= 11 is 1.35. The third-order valence-electron chi connectivity index (χ3n) is 5.77. The van der Waals surface area contributed by atoms with Crippen molar-refractivity contribution in [1.29, 1.82) is 0 Å². The number of halogens is 3. The molecular weight excluding hydrogens is 541 g/mol. The number of aryl methyl sites for hydroxylation is 2. The van der Waals surface area contributed by atoms with Crippen molar-refractivity contribution in [2.24, 2.45) is 20.9 Å². The van der Waals surface area contributed by atoms with Crippen molar-refractivity contribution in [3.63, 3.8) is 0 Å². The van der Waals surface area contributed by atoms with Gasteiger partial charge in [0.1, 0.15) is 11.4 Å². The largest absolute Gasteiger partial charge is 0.573 e. The van der Waals surface area contributed by atoms with Gasteiger partial charge >= 0.3 is 6.36 Å². The number of carbonyl (C=O) groups excluding carboxylic acids is 1. The van der Waals surface area contributed by atoms with Crippen molar-refractivity contribution >= 4 is 52.6 Å². The predicted octanol–water partition coefficient (Wildman–Crippen LogP) is 4.07. The Bertz CT molecular complexity index is 1480. The van der Waals surface area contributed by atoms with E-state index in [0.29, 0.717) is 28.0 Å². The molecule has 0 spiro atoms. The van der Waals surface area contributed by atoms with Crippen molar-refractivity contribution in [3.05, 3.63) is 89.0 Å². The molecule has 3 aromatic carbocycles. The van der Waals surface area contributed by atoms with Crippen LogP contribution in [0.15, 0.2) is 81.9 Å². The van der Waals surface area contributed by atoms with Crippen LogP contribution < -0.4 is 20.4 Å². The summed E-state index contributed by atoms with van der Waals surface area (Å²) in [6.45, 7) is 4.03. The number of alkyl halides is 3. The van der Waals surface area contributed by atoms with E-state index < -0.39 is 6.36 Å². The monoisotopic (exact) mass is 567 g/mol. The molecule has 1 amide bonds. The lowest BCUT2D eigenvalue weighted by Crippen LogP contribution is -2.74. The van der Waals surface area contributed by atoms with Crippen molar-refractivity contribution in [1.82, 2.24) is 0 Å². The third-order valence-corrected chi connectivity index (χ3v) is 6.68. The maximum absolute atomic E-state index is 12.7. The van der Waals surface area contributed by atoms with Crippen LogP contribution in [0.2, 0.25) is 0 Å². The van der Waals surface area contributed by atoms with Crippen molar-refractivity contribution in [2.45, 2.75) is 26.6 Å². The SMILES string of the molecule is CCc1cccc(C)c1N1C(=O)CS/C1=N\N=C\c1ccc(C(N)=[NH+]C=Nc2ccc(OC(F)(F)F)cc2)cc1. The maximum atomic E-state index is 12.7. The molecule has 4 rings (SSSR count). The summed E-state index contributed by atoms with van der Waals surface area (Å²) in [5, 5.41) is 9.06. The zero-order valence-corrected chi connectivity index (χ0v) is 22.5. The Morgan fingerprint density at radius 1 is 1.12 bits per heavy atom. The van der Waals surface area contributed by atoms with Gasteiger partial charge in [0.2, 0.25) is 18.1 Å². The zero-order valence-electron chi connectivity index (χ0n) is 21.6. The molecule has 1 aliphatic rings. The Labute approximate surface area is 233 Å². The van der Waals surface area contributed by atoms with Gasteiger partial charge in [-0.05, 0) is 66.4 Å². The first kappa shape index (κ1) is 28.6. The quantitative estimate of drug-likeness (QED) is 0.243. The van der Waals surface area contributed by atoms with Gasteiger partial charge in [-0.3, -0.25) is 9.69 Å². The first-order valence-corrected chi connectivity index (χ1v) is 13.2. The molecule has 206 valence electrons. The van der Waals surface area contributed by atoms with Crippen LogP contribution in [0.5, 0.6) is 5.75 Å². The lowest BCUT2D eigenvalue weighted by molar-refractivity contribution is -0.303. The number of nitrogens with zero attached hydrogens (tertiary/aromatic N) is 4. The fourth-order valence-electron chi connectivity index (χ4n) is 3.87.